The summed E-state index contributed by atoms with van der Waals surface area (Å²) < 4.78 is 5.82. The Bertz CT molecular complexity index is 513. The number of fused-ring (bicyclic) bond motifs is 1. The summed E-state index contributed by atoms with van der Waals surface area (Å²) in [5.74, 6) is 2.13. The van der Waals surface area contributed by atoms with Gasteiger partial charge in [0, 0.05) is 11.1 Å². The molecule has 1 unspecified atom stereocenters. The molecule has 0 aliphatic rings. The standard InChI is InChI=1S/C14H17NOS/c1-10(9-17)8-16-13-5-3-4-12-7-6-11(2)15-14(12)13/h3-7,10,17H,8-9H2,1-2H3. The molecular formula is C14H17NOS. The number of hydrogen-bond acceptors (Lipinski definition) is 3. The second-order valence-corrected chi connectivity index (χ2v) is 4.74. The first-order valence-corrected chi connectivity index (χ1v) is 6.44. The molecule has 90 valence electrons. The first-order chi connectivity index (χ1) is 8.20. The Kier molecular flexibility index (Phi) is 3.89. The third-order valence-electron chi connectivity index (χ3n) is 2.66. The van der Waals surface area contributed by atoms with Gasteiger partial charge in [-0.15, -0.1) is 0 Å². The van der Waals surface area contributed by atoms with Gasteiger partial charge in [0.2, 0.25) is 0 Å². The Hall–Kier alpha value is -1.22. The maximum Gasteiger partial charge on any atom is 0.145 e. The van der Waals surface area contributed by atoms with Gasteiger partial charge in [-0.1, -0.05) is 25.1 Å². The Labute approximate surface area is 107 Å². The summed E-state index contributed by atoms with van der Waals surface area (Å²) in [5.41, 5.74) is 1.95. The number of para-hydroxylation sites is 1. The van der Waals surface area contributed by atoms with Crippen LogP contribution in [0.5, 0.6) is 5.75 Å². The van der Waals surface area contributed by atoms with Crippen LogP contribution in [-0.4, -0.2) is 17.3 Å². The molecule has 0 saturated heterocycles. The van der Waals surface area contributed by atoms with E-state index in [0.717, 1.165) is 28.1 Å². The van der Waals surface area contributed by atoms with E-state index in [1.807, 2.05) is 25.1 Å². The zero-order chi connectivity index (χ0) is 12.3. The van der Waals surface area contributed by atoms with E-state index in [-0.39, 0.29) is 0 Å². The largest absolute Gasteiger partial charge is 0.491 e. The second kappa shape index (κ2) is 5.41. The lowest BCUT2D eigenvalue weighted by atomic mass is 10.2. The third kappa shape index (κ3) is 2.91. The van der Waals surface area contributed by atoms with Crippen molar-refractivity contribution >= 4 is 23.5 Å². The van der Waals surface area contributed by atoms with Gasteiger partial charge in [-0.25, -0.2) is 4.98 Å². The fourth-order valence-corrected chi connectivity index (χ4v) is 1.72. The molecule has 0 bridgehead atoms. The molecule has 3 heteroatoms. The minimum atomic E-state index is 0.443. The molecule has 0 aliphatic heterocycles. The van der Waals surface area contributed by atoms with E-state index in [0.29, 0.717) is 12.5 Å². The number of thiol groups is 1. The monoisotopic (exact) mass is 247 g/mol. The summed E-state index contributed by atoms with van der Waals surface area (Å²) >= 11 is 4.26. The zero-order valence-electron chi connectivity index (χ0n) is 10.2. The van der Waals surface area contributed by atoms with Gasteiger partial charge in [0.1, 0.15) is 11.3 Å². The molecule has 1 aromatic carbocycles. The van der Waals surface area contributed by atoms with Gasteiger partial charge in [-0.3, -0.25) is 0 Å². The van der Waals surface area contributed by atoms with Gasteiger partial charge in [0.05, 0.1) is 6.61 Å². The molecule has 17 heavy (non-hydrogen) atoms. The molecule has 0 radical (unpaired) electrons. The second-order valence-electron chi connectivity index (χ2n) is 4.38. The van der Waals surface area contributed by atoms with Crippen LogP contribution in [0.2, 0.25) is 0 Å². The van der Waals surface area contributed by atoms with E-state index < -0.39 is 0 Å². The van der Waals surface area contributed by atoms with E-state index in [1.54, 1.807) is 0 Å². The molecule has 2 aromatic rings. The number of benzene rings is 1. The van der Waals surface area contributed by atoms with Gasteiger partial charge in [-0.05, 0) is 30.7 Å². The Morgan fingerprint density at radius 2 is 2.12 bits per heavy atom. The summed E-state index contributed by atoms with van der Waals surface area (Å²) in [6, 6.07) is 10.1. The van der Waals surface area contributed by atoms with E-state index in [1.165, 1.54) is 0 Å². The molecule has 0 aliphatic carbocycles. The number of rotatable bonds is 4. The number of ether oxygens (including phenoxy) is 1. The number of aryl methyl sites for hydroxylation is 1. The van der Waals surface area contributed by atoms with Gasteiger partial charge in [0.15, 0.2) is 0 Å². The van der Waals surface area contributed by atoms with E-state index >= 15 is 0 Å². The smallest absolute Gasteiger partial charge is 0.145 e. The lowest BCUT2D eigenvalue weighted by Gasteiger charge is -2.12. The highest BCUT2D eigenvalue weighted by Gasteiger charge is 2.06. The lowest BCUT2D eigenvalue weighted by molar-refractivity contribution is 0.276. The minimum absolute atomic E-state index is 0.443. The van der Waals surface area contributed by atoms with Gasteiger partial charge in [-0.2, -0.15) is 12.6 Å². The molecule has 1 atom stereocenters. The minimum Gasteiger partial charge on any atom is -0.491 e. The van der Waals surface area contributed by atoms with Crippen LogP contribution >= 0.6 is 12.6 Å². The predicted molar refractivity (Wildman–Crippen MR) is 75.0 cm³/mol. The summed E-state index contributed by atoms with van der Waals surface area (Å²) in [5, 5.41) is 1.12. The van der Waals surface area contributed by atoms with Crippen LogP contribution in [-0.2, 0) is 0 Å². The average molecular weight is 247 g/mol. The molecule has 2 nitrogen and oxygen atoms in total. The van der Waals surface area contributed by atoms with Gasteiger partial charge < -0.3 is 4.74 Å². The van der Waals surface area contributed by atoms with E-state index in [9.17, 15) is 0 Å². The Balaban J connectivity index is 2.30. The van der Waals surface area contributed by atoms with Crippen molar-refractivity contribution in [3.63, 3.8) is 0 Å². The fraction of sp³-hybridized carbons (Fsp3) is 0.357. The molecule has 0 spiro atoms. The molecule has 0 N–H and O–H groups in total. The SMILES string of the molecule is Cc1ccc2cccc(OCC(C)CS)c2n1. The number of hydrogen-bond donors (Lipinski definition) is 1. The lowest BCUT2D eigenvalue weighted by Crippen LogP contribution is -2.10. The molecule has 0 saturated carbocycles. The van der Waals surface area contributed by atoms with E-state index in [4.69, 9.17) is 4.74 Å². The molecule has 1 aromatic heterocycles. The van der Waals surface area contributed by atoms with Crippen LogP contribution in [0.25, 0.3) is 10.9 Å². The first-order valence-electron chi connectivity index (χ1n) is 5.80. The third-order valence-corrected chi connectivity index (χ3v) is 3.28. The van der Waals surface area contributed by atoms with Crippen LogP contribution in [0.1, 0.15) is 12.6 Å². The normalized spacial score (nSPS) is 12.6. The van der Waals surface area contributed by atoms with Gasteiger partial charge in [0.25, 0.3) is 0 Å². The van der Waals surface area contributed by atoms with Crippen molar-refractivity contribution in [2.45, 2.75) is 13.8 Å². The van der Waals surface area contributed by atoms with Crippen molar-refractivity contribution in [1.82, 2.24) is 4.98 Å². The van der Waals surface area contributed by atoms with Crippen molar-refractivity contribution in [2.24, 2.45) is 5.92 Å². The summed E-state index contributed by atoms with van der Waals surface area (Å²) in [7, 11) is 0. The highest BCUT2D eigenvalue weighted by molar-refractivity contribution is 7.80. The maximum absolute atomic E-state index is 5.82. The van der Waals surface area contributed by atoms with Crippen molar-refractivity contribution in [1.29, 1.82) is 0 Å². The van der Waals surface area contributed by atoms with Crippen LogP contribution in [0.15, 0.2) is 30.3 Å². The van der Waals surface area contributed by atoms with Crippen molar-refractivity contribution in [3.05, 3.63) is 36.0 Å². The van der Waals surface area contributed by atoms with Crippen molar-refractivity contribution in [3.8, 4) is 5.75 Å². The van der Waals surface area contributed by atoms with E-state index in [2.05, 4.69) is 36.7 Å². The number of aromatic nitrogens is 1. The topological polar surface area (TPSA) is 22.1 Å². The molecule has 0 fully saturated rings. The summed E-state index contributed by atoms with van der Waals surface area (Å²) in [6.07, 6.45) is 0. The molecule has 2 rings (SSSR count). The predicted octanol–water partition coefficient (Wildman–Crippen LogP) is 3.49. The summed E-state index contributed by atoms with van der Waals surface area (Å²) in [6.45, 7) is 4.79. The zero-order valence-corrected chi connectivity index (χ0v) is 11.1. The van der Waals surface area contributed by atoms with Crippen LogP contribution < -0.4 is 4.74 Å². The first kappa shape index (κ1) is 12.2. The average Bonchev–Trinajstić information content (AvgIpc) is 2.35. The van der Waals surface area contributed by atoms with Crippen LogP contribution in [0.3, 0.4) is 0 Å². The number of pyridine rings is 1. The quantitative estimate of drug-likeness (QED) is 0.835. The molecule has 0 amide bonds. The van der Waals surface area contributed by atoms with Crippen LogP contribution in [0.4, 0.5) is 0 Å². The van der Waals surface area contributed by atoms with Crippen molar-refractivity contribution in [2.75, 3.05) is 12.4 Å². The fourth-order valence-electron chi connectivity index (χ4n) is 1.62. The highest BCUT2D eigenvalue weighted by Crippen LogP contribution is 2.24. The maximum atomic E-state index is 5.82. The molecular weight excluding hydrogens is 230 g/mol. The Morgan fingerprint density at radius 1 is 1.29 bits per heavy atom. The van der Waals surface area contributed by atoms with Crippen molar-refractivity contribution < 1.29 is 4.74 Å². The van der Waals surface area contributed by atoms with Crippen LogP contribution in [0, 0.1) is 12.8 Å². The highest BCUT2D eigenvalue weighted by atomic mass is 32.1. The number of nitrogens with zero attached hydrogens (tertiary/aromatic N) is 1. The Morgan fingerprint density at radius 3 is 2.88 bits per heavy atom. The van der Waals surface area contributed by atoms with Gasteiger partial charge >= 0.3 is 0 Å². The summed E-state index contributed by atoms with van der Waals surface area (Å²) in [4.78, 5) is 4.54. The molecule has 1 heterocycles.